The van der Waals surface area contributed by atoms with E-state index in [4.69, 9.17) is 0 Å². The number of carbonyl (C=O) groups is 1. The van der Waals surface area contributed by atoms with Crippen LogP contribution >= 0.6 is 0 Å². The molecule has 2 aliphatic rings. The molecule has 148 valence electrons. The van der Waals surface area contributed by atoms with E-state index in [0.717, 1.165) is 31.9 Å². The second-order valence-electron chi connectivity index (χ2n) is 7.84. The van der Waals surface area contributed by atoms with Crippen LogP contribution in [0.5, 0.6) is 0 Å². The highest BCUT2D eigenvalue weighted by Crippen LogP contribution is 2.36. The zero-order chi connectivity index (χ0) is 19.2. The lowest BCUT2D eigenvalue weighted by molar-refractivity contribution is -0.127. The van der Waals surface area contributed by atoms with Crippen LogP contribution in [-0.4, -0.2) is 67.0 Å². The first-order valence-electron chi connectivity index (χ1n) is 10.1. The lowest BCUT2D eigenvalue weighted by Gasteiger charge is -2.39. The summed E-state index contributed by atoms with van der Waals surface area (Å²) < 4.78 is 0. The molecule has 27 heavy (non-hydrogen) atoms. The minimum atomic E-state index is 0.0185. The maximum absolute atomic E-state index is 11.8. The number of nitrogens with one attached hydrogen (secondary N) is 2. The van der Waals surface area contributed by atoms with E-state index in [1.807, 2.05) is 0 Å². The second-order valence-corrected chi connectivity index (χ2v) is 7.84. The number of amides is 1. The minimum Gasteiger partial charge on any atom is -0.357 e. The molecular weight excluding hydrogens is 338 g/mol. The Hall–Kier alpha value is -2.08. The summed E-state index contributed by atoms with van der Waals surface area (Å²) in [4.78, 5) is 20.6. The van der Waals surface area contributed by atoms with Crippen LogP contribution in [0.4, 0.5) is 0 Å². The largest absolute Gasteiger partial charge is 0.357 e. The highest BCUT2D eigenvalue weighted by molar-refractivity contribution is 5.84. The molecule has 2 atom stereocenters. The fourth-order valence-electron chi connectivity index (χ4n) is 4.25. The molecule has 0 aromatic heterocycles. The number of likely N-dealkylation sites (N-methyl/N-ethyl adjacent to an activating group) is 1. The molecule has 0 spiro atoms. The standard InChI is InChI=1S/C21H33N5O/c1-4-22-21(23-14-20(27)25(2)3)24-17-12-18-10-11-19(13-17)26(18)15-16-8-6-5-7-9-16/h5-9,17-19H,4,10-15H2,1-3H3,(H2,22,23,24). The van der Waals surface area contributed by atoms with Crippen molar-refractivity contribution < 1.29 is 4.79 Å². The van der Waals surface area contributed by atoms with Gasteiger partial charge in [-0.25, -0.2) is 4.99 Å². The summed E-state index contributed by atoms with van der Waals surface area (Å²) in [6, 6.07) is 12.5. The Balaban J connectivity index is 1.58. The summed E-state index contributed by atoms with van der Waals surface area (Å²) >= 11 is 0. The van der Waals surface area contributed by atoms with Gasteiger partial charge < -0.3 is 15.5 Å². The fraction of sp³-hybridized carbons (Fsp3) is 0.619. The summed E-state index contributed by atoms with van der Waals surface area (Å²) in [7, 11) is 3.52. The van der Waals surface area contributed by atoms with Crippen molar-refractivity contribution in [2.75, 3.05) is 27.2 Å². The number of hydrogen-bond acceptors (Lipinski definition) is 3. The number of hydrogen-bond donors (Lipinski definition) is 2. The van der Waals surface area contributed by atoms with Crippen LogP contribution < -0.4 is 10.6 Å². The van der Waals surface area contributed by atoms with Crippen LogP contribution in [0.1, 0.15) is 38.2 Å². The quantitative estimate of drug-likeness (QED) is 0.592. The first-order chi connectivity index (χ1) is 13.1. The lowest BCUT2D eigenvalue weighted by atomic mass is 9.96. The monoisotopic (exact) mass is 371 g/mol. The molecule has 2 fully saturated rings. The second kappa shape index (κ2) is 9.22. The number of fused-ring (bicyclic) bond motifs is 2. The number of piperidine rings is 1. The van der Waals surface area contributed by atoms with E-state index in [1.54, 1.807) is 19.0 Å². The molecule has 2 aliphatic heterocycles. The van der Waals surface area contributed by atoms with E-state index >= 15 is 0 Å². The van der Waals surface area contributed by atoms with E-state index in [9.17, 15) is 4.79 Å². The zero-order valence-corrected chi connectivity index (χ0v) is 16.8. The van der Waals surface area contributed by atoms with Crippen LogP contribution in [-0.2, 0) is 11.3 Å². The highest BCUT2D eigenvalue weighted by Gasteiger charge is 2.40. The van der Waals surface area contributed by atoms with Gasteiger partial charge in [-0.15, -0.1) is 0 Å². The molecule has 3 rings (SSSR count). The Morgan fingerprint density at radius 2 is 1.85 bits per heavy atom. The van der Waals surface area contributed by atoms with Crippen molar-refractivity contribution in [1.29, 1.82) is 0 Å². The van der Waals surface area contributed by atoms with Crippen molar-refractivity contribution in [3.05, 3.63) is 35.9 Å². The van der Waals surface area contributed by atoms with E-state index < -0.39 is 0 Å². The average molecular weight is 372 g/mol. The normalized spacial score (nSPS) is 25.3. The van der Waals surface area contributed by atoms with Gasteiger partial charge in [0.2, 0.25) is 5.91 Å². The average Bonchev–Trinajstić information content (AvgIpc) is 2.89. The molecule has 2 N–H and O–H groups in total. The van der Waals surface area contributed by atoms with Crippen LogP contribution in [0.25, 0.3) is 0 Å². The molecule has 6 heteroatoms. The van der Waals surface area contributed by atoms with Crippen molar-refractivity contribution in [2.24, 2.45) is 4.99 Å². The number of aliphatic imine (C=N–C) groups is 1. The van der Waals surface area contributed by atoms with Crippen molar-refractivity contribution in [3.63, 3.8) is 0 Å². The van der Waals surface area contributed by atoms with Gasteiger partial charge in [-0.3, -0.25) is 9.69 Å². The Morgan fingerprint density at radius 3 is 2.44 bits per heavy atom. The molecule has 2 saturated heterocycles. The Labute approximate surface area is 163 Å². The van der Waals surface area contributed by atoms with E-state index in [-0.39, 0.29) is 12.5 Å². The number of nitrogens with zero attached hydrogens (tertiary/aromatic N) is 3. The lowest BCUT2D eigenvalue weighted by Crippen LogP contribution is -2.52. The van der Waals surface area contributed by atoms with Crippen molar-refractivity contribution in [3.8, 4) is 0 Å². The number of guanidine groups is 1. The van der Waals surface area contributed by atoms with Gasteiger partial charge >= 0.3 is 0 Å². The number of rotatable bonds is 6. The first-order valence-corrected chi connectivity index (χ1v) is 10.1. The molecule has 1 aromatic rings. The van der Waals surface area contributed by atoms with Crippen molar-refractivity contribution >= 4 is 11.9 Å². The molecule has 0 radical (unpaired) electrons. The Bertz CT molecular complexity index is 631. The van der Waals surface area contributed by atoms with Gasteiger partial charge in [0.25, 0.3) is 0 Å². The number of benzene rings is 1. The molecule has 2 bridgehead atoms. The SMILES string of the molecule is CCNC(=NCC(=O)N(C)C)NC1CC2CCC(C1)N2Cc1ccccc1. The van der Waals surface area contributed by atoms with Gasteiger partial charge in [0.05, 0.1) is 0 Å². The minimum absolute atomic E-state index is 0.0185. The van der Waals surface area contributed by atoms with Gasteiger partial charge in [0, 0.05) is 45.3 Å². The third-order valence-electron chi connectivity index (χ3n) is 5.65. The van der Waals surface area contributed by atoms with Gasteiger partial charge in [-0.1, -0.05) is 30.3 Å². The molecule has 2 unspecified atom stereocenters. The molecule has 1 amide bonds. The fourth-order valence-corrected chi connectivity index (χ4v) is 4.25. The summed E-state index contributed by atoms with van der Waals surface area (Å²) in [5.41, 5.74) is 1.40. The molecule has 6 nitrogen and oxygen atoms in total. The van der Waals surface area contributed by atoms with E-state index in [1.165, 1.54) is 18.4 Å². The molecule has 2 heterocycles. The summed E-state index contributed by atoms with van der Waals surface area (Å²) in [5.74, 6) is 0.776. The number of carbonyl (C=O) groups excluding carboxylic acids is 1. The first kappa shape index (κ1) is 19.7. The summed E-state index contributed by atoms with van der Waals surface area (Å²) in [5, 5.41) is 6.86. The van der Waals surface area contributed by atoms with Crippen LogP contribution in [0, 0.1) is 0 Å². The van der Waals surface area contributed by atoms with E-state index in [0.29, 0.717) is 18.1 Å². The summed E-state index contributed by atoms with van der Waals surface area (Å²) in [6.07, 6.45) is 4.83. The maximum atomic E-state index is 11.8. The molecule has 0 aliphatic carbocycles. The van der Waals surface area contributed by atoms with Gasteiger partial charge in [0.15, 0.2) is 5.96 Å². The zero-order valence-electron chi connectivity index (χ0n) is 16.8. The topological polar surface area (TPSA) is 60.0 Å². The van der Waals surface area contributed by atoms with Crippen LogP contribution in [0.3, 0.4) is 0 Å². The van der Waals surface area contributed by atoms with Gasteiger partial charge in [-0.05, 0) is 38.2 Å². The molecular formula is C21H33N5O. The molecule has 1 aromatic carbocycles. The van der Waals surface area contributed by atoms with Crippen LogP contribution in [0.2, 0.25) is 0 Å². The Kier molecular flexibility index (Phi) is 6.72. The third kappa shape index (κ3) is 5.22. The molecule has 0 saturated carbocycles. The van der Waals surface area contributed by atoms with Crippen molar-refractivity contribution in [2.45, 2.75) is 57.3 Å². The maximum Gasteiger partial charge on any atom is 0.243 e. The predicted octanol–water partition coefficient (Wildman–Crippen LogP) is 1.83. The Morgan fingerprint density at radius 1 is 1.19 bits per heavy atom. The van der Waals surface area contributed by atoms with Crippen LogP contribution in [0.15, 0.2) is 35.3 Å². The van der Waals surface area contributed by atoms with Gasteiger partial charge in [0.1, 0.15) is 6.54 Å². The highest BCUT2D eigenvalue weighted by atomic mass is 16.2. The van der Waals surface area contributed by atoms with Crippen molar-refractivity contribution in [1.82, 2.24) is 20.4 Å². The predicted molar refractivity (Wildman–Crippen MR) is 110 cm³/mol. The third-order valence-corrected chi connectivity index (χ3v) is 5.65. The van der Waals surface area contributed by atoms with Gasteiger partial charge in [-0.2, -0.15) is 0 Å². The van der Waals surface area contributed by atoms with E-state index in [2.05, 4.69) is 57.8 Å². The smallest absolute Gasteiger partial charge is 0.243 e. The summed E-state index contributed by atoms with van der Waals surface area (Å²) in [6.45, 7) is 4.08.